The Morgan fingerprint density at radius 3 is 2.50 bits per heavy atom. The van der Waals surface area contributed by atoms with Gasteiger partial charge in [0.1, 0.15) is 13.3 Å². The van der Waals surface area contributed by atoms with Crippen LogP contribution < -0.4 is 34.0 Å². The van der Waals surface area contributed by atoms with Gasteiger partial charge < -0.3 is 19.1 Å². The van der Waals surface area contributed by atoms with Gasteiger partial charge in [0.2, 0.25) is 5.75 Å². The highest BCUT2D eigenvalue weighted by Gasteiger charge is 2.20. The number of aromatic nitrogens is 1. The van der Waals surface area contributed by atoms with Gasteiger partial charge in [0.05, 0.1) is 25.9 Å². The topological polar surface area (TPSA) is 65.3 Å². The van der Waals surface area contributed by atoms with E-state index in [0.717, 1.165) is 15.4 Å². The number of thiophene rings is 1. The lowest BCUT2D eigenvalue weighted by Gasteiger charge is -2.27. The van der Waals surface area contributed by atoms with Crippen LogP contribution in [0.1, 0.15) is 4.88 Å². The molecule has 1 aromatic carbocycles. The summed E-state index contributed by atoms with van der Waals surface area (Å²) in [4.78, 5) is 21.2. The highest BCUT2D eigenvalue weighted by molar-refractivity contribution is 7.11. The molecule has 0 aliphatic carbocycles. The number of thiazole rings is 1. The van der Waals surface area contributed by atoms with E-state index in [0.29, 0.717) is 35.1 Å². The predicted molar refractivity (Wildman–Crippen MR) is 111 cm³/mol. The number of benzene rings is 1. The number of nitrogens with zero attached hydrogens (tertiary/aromatic N) is 3. The molecule has 0 atom stereocenters. The van der Waals surface area contributed by atoms with Gasteiger partial charge in [-0.3, -0.25) is 9.36 Å². The first-order valence-corrected chi connectivity index (χ1v) is 10.2. The molecule has 3 aromatic rings. The molecule has 146 valence electrons. The Morgan fingerprint density at radius 1 is 1.14 bits per heavy atom. The largest absolute Gasteiger partial charge is 0.493 e. The van der Waals surface area contributed by atoms with Gasteiger partial charge in [-0.1, -0.05) is 17.4 Å². The van der Waals surface area contributed by atoms with Crippen LogP contribution in [0.5, 0.6) is 17.2 Å². The van der Waals surface area contributed by atoms with Crippen LogP contribution in [0.3, 0.4) is 0 Å². The zero-order chi connectivity index (χ0) is 19.7. The van der Waals surface area contributed by atoms with Gasteiger partial charge in [-0.05, 0) is 17.5 Å². The van der Waals surface area contributed by atoms with Crippen molar-refractivity contribution in [2.24, 2.45) is 4.99 Å². The zero-order valence-electron chi connectivity index (χ0n) is 15.7. The summed E-state index contributed by atoms with van der Waals surface area (Å²) in [6.07, 6.45) is 1.92. The number of rotatable bonds is 5. The SMILES string of the molecule is COc1cc(N2CN=c3s/c(=C\c4cccs4)c(=O)n3C2)cc(OC)c1OC. The molecule has 0 radical (unpaired) electrons. The lowest BCUT2D eigenvalue weighted by molar-refractivity contribution is 0.324. The van der Waals surface area contributed by atoms with Crippen LogP contribution in [0.4, 0.5) is 5.69 Å². The molecule has 3 heterocycles. The van der Waals surface area contributed by atoms with Gasteiger partial charge in [0.25, 0.3) is 5.56 Å². The van der Waals surface area contributed by atoms with Crippen LogP contribution in [0.25, 0.3) is 6.08 Å². The van der Waals surface area contributed by atoms with Crippen molar-refractivity contribution in [2.45, 2.75) is 6.67 Å². The second kappa shape index (κ2) is 7.69. The molecule has 1 aliphatic heterocycles. The molecule has 9 heteroatoms. The molecule has 28 heavy (non-hydrogen) atoms. The number of hydrogen-bond donors (Lipinski definition) is 0. The van der Waals surface area contributed by atoms with Crippen molar-refractivity contribution >= 4 is 34.4 Å². The molecule has 0 fully saturated rings. The molecule has 4 rings (SSSR count). The third-order valence-corrected chi connectivity index (χ3v) is 6.27. The maximum absolute atomic E-state index is 12.9. The van der Waals surface area contributed by atoms with Crippen LogP contribution in [-0.2, 0) is 6.67 Å². The van der Waals surface area contributed by atoms with Gasteiger partial charge >= 0.3 is 0 Å². The average molecular weight is 418 g/mol. The smallest absolute Gasteiger partial charge is 0.271 e. The van der Waals surface area contributed by atoms with Crippen LogP contribution in [-0.4, -0.2) is 32.6 Å². The first-order valence-electron chi connectivity index (χ1n) is 8.49. The van der Waals surface area contributed by atoms with E-state index in [4.69, 9.17) is 14.2 Å². The second-order valence-corrected chi connectivity index (χ2v) is 7.99. The molecule has 7 nitrogen and oxygen atoms in total. The maximum atomic E-state index is 12.9. The summed E-state index contributed by atoms with van der Waals surface area (Å²) in [5.74, 6) is 1.66. The molecule has 0 amide bonds. The number of fused-ring (bicyclic) bond motifs is 1. The minimum Gasteiger partial charge on any atom is -0.493 e. The highest BCUT2D eigenvalue weighted by Crippen LogP contribution is 2.41. The summed E-state index contributed by atoms with van der Waals surface area (Å²) in [6.45, 7) is 0.849. The monoisotopic (exact) mass is 417 g/mol. The Kier molecular flexibility index (Phi) is 5.10. The summed E-state index contributed by atoms with van der Waals surface area (Å²) < 4.78 is 18.6. The maximum Gasteiger partial charge on any atom is 0.271 e. The van der Waals surface area contributed by atoms with Gasteiger partial charge in [0, 0.05) is 22.7 Å². The quantitative estimate of drug-likeness (QED) is 0.634. The van der Waals surface area contributed by atoms with E-state index in [1.165, 1.54) is 11.3 Å². The molecule has 0 N–H and O–H groups in total. The number of anilines is 1. The molecule has 1 aliphatic rings. The van der Waals surface area contributed by atoms with Crippen molar-refractivity contribution in [3.05, 3.63) is 54.2 Å². The van der Waals surface area contributed by atoms with E-state index in [9.17, 15) is 4.79 Å². The van der Waals surface area contributed by atoms with E-state index in [-0.39, 0.29) is 5.56 Å². The first kappa shape index (κ1) is 18.6. The summed E-state index contributed by atoms with van der Waals surface area (Å²) >= 11 is 3.02. The van der Waals surface area contributed by atoms with E-state index in [1.807, 2.05) is 40.6 Å². The fourth-order valence-electron chi connectivity index (χ4n) is 3.03. The van der Waals surface area contributed by atoms with Crippen molar-refractivity contribution < 1.29 is 14.2 Å². The Hall–Kier alpha value is -2.78. The molecule has 0 unspecified atom stereocenters. The number of methoxy groups -OCH3 is 3. The third kappa shape index (κ3) is 3.27. The molecular formula is C19H19N3O4S2. The molecule has 0 saturated carbocycles. The van der Waals surface area contributed by atoms with Crippen LogP contribution in [0.2, 0.25) is 0 Å². The first-order chi connectivity index (χ1) is 13.6. The molecule has 2 aromatic heterocycles. The third-order valence-electron chi connectivity index (χ3n) is 4.41. The molecule has 0 bridgehead atoms. The van der Waals surface area contributed by atoms with E-state index in [2.05, 4.69) is 4.99 Å². The Balaban J connectivity index is 1.72. The predicted octanol–water partition coefficient (Wildman–Crippen LogP) is 1.88. The highest BCUT2D eigenvalue weighted by atomic mass is 32.1. The van der Waals surface area contributed by atoms with Crippen molar-refractivity contribution in [3.63, 3.8) is 0 Å². The fraction of sp³-hybridized carbons (Fsp3) is 0.263. The van der Waals surface area contributed by atoms with Gasteiger partial charge in [-0.2, -0.15) is 0 Å². The lowest BCUT2D eigenvalue weighted by Crippen LogP contribution is -2.42. The van der Waals surface area contributed by atoms with Gasteiger partial charge in [-0.15, -0.1) is 11.3 Å². The van der Waals surface area contributed by atoms with E-state index >= 15 is 0 Å². The zero-order valence-corrected chi connectivity index (χ0v) is 17.3. The van der Waals surface area contributed by atoms with Crippen LogP contribution >= 0.6 is 22.7 Å². The lowest BCUT2D eigenvalue weighted by atomic mass is 10.2. The Bertz CT molecular complexity index is 1140. The Morgan fingerprint density at radius 2 is 1.89 bits per heavy atom. The van der Waals surface area contributed by atoms with Crippen LogP contribution in [0, 0.1) is 0 Å². The number of hydrogen-bond acceptors (Lipinski definition) is 8. The summed E-state index contributed by atoms with van der Waals surface area (Å²) in [6, 6.07) is 7.68. The van der Waals surface area contributed by atoms with E-state index < -0.39 is 0 Å². The number of ether oxygens (including phenoxy) is 3. The Labute approximate surface area is 169 Å². The fourth-order valence-corrected chi connectivity index (χ4v) is 4.71. The summed E-state index contributed by atoms with van der Waals surface area (Å²) in [5, 5.41) is 1.99. The molecule has 0 spiro atoms. The van der Waals surface area contributed by atoms with E-state index in [1.54, 1.807) is 37.2 Å². The van der Waals surface area contributed by atoms with Crippen molar-refractivity contribution in [2.75, 3.05) is 32.9 Å². The normalized spacial score (nSPS) is 13.8. The van der Waals surface area contributed by atoms with Crippen molar-refractivity contribution in [3.8, 4) is 17.2 Å². The average Bonchev–Trinajstić information content (AvgIpc) is 3.35. The minimum absolute atomic E-state index is 0.0331. The standard InChI is InChI=1S/C19H19N3O4S2/c1-24-14-7-12(8-15(25-2)17(14)26-3)21-10-20-19-22(11-21)18(23)16(28-19)9-13-5-4-6-27-13/h4-9H,10-11H2,1-3H3/b16-9-. The van der Waals surface area contributed by atoms with Crippen molar-refractivity contribution in [1.82, 2.24) is 4.57 Å². The summed E-state index contributed by atoms with van der Waals surface area (Å²) in [5.41, 5.74) is 0.806. The molecule has 0 saturated heterocycles. The van der Waals surface area contributed by atoms with Crippen LogP contribution in [0.15, 0.2) is 39.4 Å². The minimum atomic E-state index is -0.0331. The molecular weight excluding hydrogens is 398 g/mol. The summed E-state index contributed by atoms with van der Waals surface area (Å²) in [7, 11) is 4.73. The van der Waals surface area contributed by atoms with Crippen molar-refractivity contribution in [1.29, 1.82) is 0 Å². The van der Waals surface area contributed by atoms with Gasteiger partial charge in [-0.25, -0.2) is 4.99 Å². The van der Waals surface area contributed by atoms with Gasteiger partial charge in [0.15, 0.2) is 16.3 Å². The second-order valence-electron chi connectivity index (χ2n) is 6.01.